The smallest absolute Gasteiger partial charge is 0.416 e. The second-order valence-electron chi connectivity index (χ2n) is 4.86. The number of benzene rings is 1. The minimum Gasteiger partial charge on any atom is -0.468 e. The Morgan fingerprint density at radius 3 is 2.42 bits per heavy atom. The summed E-state index contributed by atoms with van der Waals surface area (Å²) in [7, 11) is 1.27. The third-order valence-corrected chi connectivity index (χ3v) is 3.78. The number of hydrogen-bond donors (Lipinski definition) is 0. The van der Waals surface area contributed by atoms with Crippen LogP contribution in [0.1, 0.15) is 36.8 Å². The van der Waals surface area contributed by atoms with Gasteiger partial charge >= 0.3 is 12.1 Å². The molecule has 19 heavy (non-hydrogen) atoms. The van der Waals surface area contributed by atoms with Crippen molar-refractivity contribution >= 4 is 5.97 Å². The fourth-order valence-electron chi connectivity index (χ4n) is 2.78. The lowest BCUT2D eigenvalue weighted by molar-refractivity contribution is -0.147. The molecule has 0 bridgehead atoms. The zero-order chi connectivity index (χ0) is 14.1. The average molecular weight is 272 g/mol. The van der Waals surface area contributed by atoms with Gasteiger partial charge in [-0.3, -0.25) is 4.79 Å². The maximum atomic E-state index is 12.7. The van der Waals surface area contributed by atoms with Crippen molar-refractivity contribution in [3.8, 4) is 0 Å². The summed E-state index contributed by atoms with van der Waals surface area (Å²) in [6.07, 6.45) is -1.66. The summed E-state index contributed by atoms with van der Waals surface area (Å²) in [5.74, 6) is -0.440. The molecule has 0 radical (unpaired) electrons. The summed E-state index contributed by atoms with van der Waals surface area (Å²) in [5, 5.41) is 0. The Hall–Kier alpha value is -1.52. The minimum absolute atomic E-state index is 0.409. The molecule has 0 spiro atoms. The van der Waals surface area contributed by atoms with Gasteiger partial charge in [-0.1, -0.05) is 31.0 Å². The molecule has 0 aromatic heterocycles. The lowest BCUT2D eigenvalue weighted by Gasteiger charge is -2.27. The zero-order valence-corrected chi connectivity index (χ0v) is 10.6. The van der Waals surface area contributed by atoms with Gasteiger partial charge in [0.25, 0.3) is 0 Å². The Labute approximate surface area is 109 Å². The first-order chi connectivity index (χ1) is 8.90. The van der Waals surface area contributed by atoms with Crippen molar-refractivity contribution < 1.29 is 22.7 Å². The number of esters is 1. The number of ether oxygens (including phenoxy) is 1. The first kappa shape index (κ1) is 13.9. The Morgan fingerprint density at radius 1 is 1.26 bits per heavy atom. The van der Waals surface area contributed by atoms with E-state index in [9.17, 15) is 18.0 Å². The molecular formula is C14H15F3O2. The van der Waals surface area contributed by atoms with Crippen LogP contribution in [-0.4, -0.2) is 13.1 Å². The quantitative estimate of drug-likeness (QED) is 0.767. The van der Waals surface area contributed by atoms with Crippen LogP contribution >= 0.6 is 0 Å². The molecule has 1 aromatic carbocycles. The lowest BCUT2D eigenvalue weighted by Crippen LogP contribution is -2.34. The first-order valence-electron chi connectivity index (χ1n) is 6.16. The molecule has 0 N–H and O–H groups in total. The molecule has 5 heteroatoms. The average Bonchev–Trinajstić information content (AvgIpc) is 2.87. The highest BCUT2D eigenvalue weighted by atomic mass is 19.4. The van der Waals surface area contributed by atoms with Crippen molar-refractivity contribution in [1.82, 2.24) is 0 Å². The topological polar surface area (TPSA) is 26.3 Å². The summed E-state index contributed by atoms with van der Waals surface area (Å²) in [6.45, 7) is 0. The fraction of sp³-hybridized carbons (Fsp3) is 0.500. The van der Waals surface area contributed by atoms with Crippen LogP contribution in [0.5, 0.6) is 0 Å². The van der Waals surface area contributed by atoms with Crippen LogP contribution < -0.4 is 0 Å². The van der Waals surface area contributed by atoms with Crippen LogP contribution in [0, 0.1) is 0 Å². The summed E-state index contributed by atoms with van der Waals surface area (Å²) >= 11 is 0. The van der Waals surface area contributed by atoms with E-state index in [2.05, 4.69) is 0 Å². The highest BCUT2D eigenvalue weighted by Gasteiger charge is 2.44. The summed E-state index contributed by atoms with van der Waals surface area (Å²) in [4.78, 5) is 12.0. The lowest BCUT2D eigenvalue weighted by atomic mass is 9.78. The highest BCUT2D eigenvalue weighted by molar-refractivity contribution is 5.83. The molecule has 1 aliphatic carbocycles. The van der Waals surface area contributed by atoms with Crippen molar-refractivity contribution in [2.45, 2.75) is 37.3 Å². The molecule has 2 nitrogen and oxygen atoms in total. The normalized spacial score (nSPS) is 18.3. The molecule has 1 saturated carbocycles. The van der Waals surface area contributed by atoms with E-state index in [-0.39, 0.29) is 0 Å². The maximum Gasteiger partial charge on any atom is 0.416 e. The van der Waals surface area contributed by atoms with Crippen molar-refractivity contribution in [2.75, 3.05) is 7.11 Å². The molecule has 1 aliphatic rings. The van der Waals surface area contributed by atoms with Gasteiger partial charge in [0.1, 0.15) is 0 Å². The summed E-state index contributed by atoms with van der Waals surface area (Å²) in [5.41, 5.74) is -1.22. The second kappa shape index (κ2) is 4.87. The van der Waals surface area contributed by atoms with Gasteiger partial charge in [-0.2, -0.15) is 13.2 Å². The predicted molar refractivity (Wildman–Crippen MR) is 63.6 cm³/mol. The maximum absolute atomic E-state index is 12.7. The van der Waals surface area contributed by atoms with Gasteiger partial charge in [0.2, 0.25) is 0 Å². The molecule has 0 aliphatic heterocycles. The van der Waals surface area contributed by atoms with Gasteiger partial charge < -0.3 is 4.74 Å². The van der Waals surface area contributed by atoms with Crippen LogP contribution in [0.15, 0.2) is 24.3 Å². The molecule has 0 unspecified atom stereocenters. The van der Waals surface area contributed by atoms with Crippen LogP contribution in [0.4, 0.5) is 13.2 Å². The third kappa shape index (κ3) is 2.46. The number of methoxy groups -OCH3 is 1. The predicted octanol–water partition coefficient (Wildman–Crippen LogP) is 3.69. The molecule has 1 fully saturated rings. The Morgan fingerprint density at radius 2 is 1.89 bits per heavy atom. The van der Waals surface area contributed by atoms with Crippen LogP contribution in [-0.2, 0) is 21.1 Å². The molecular weight excluding hydrogens is 257 g/mol. The van der Waals surface area contributed by atoms with E-state index < -0.39 is 23.1 Å². The number of alkyl halides is 3. The van der Waals surface area contributed by atoms with E-state index in [4.69, 9.17) is 4.74 Å². The van der Waals surface area contributed by atoms with E-state index in [1.54, 1.807) is 6.07 Å². The molecule has 1 aromatic rings. The molecule has 104 valence electrons. The van der Waals surface area contributed by atoms with Crippen molar-refractivity contribution in [1.29, 1.82) is 0 Å². The molecule has 0 heterocycles. The Balaban J connectivity index is 2.46. The summed E-state index contributed by atoms with van der Waals surface area (Å²) in [6, 6.07) is 5.02. The third-order valence-electron chi connectivity index (χ3n) is 3.78. The van der Waals surface area contributed by atoms with Gasteiger partial charge in [-0.25, -0.2) is 0 Å². The van der Waals surface area contributed by atoms with Crippen LogP contribution in [0.3, 0.4) is 0 Å². The van der Waals surface area contributed by atoms with Crippen molar-refractivity contribution in [3.05, 3.63) is 35.4 Å². The van der Waals surface area contributed by atoms with Crippen molar-refractivity contribution in [2.24, 2.45) is 0 Å². The largest absolute Gasteiger partial charge is 0.468 e. The summed E-state index contributed by atoms with van der Waals surface area (Å²) < 4.78 is 43.0. The molecule has 0 saturated heterocycles. The standard InChI is InChI=1S/C14H15F3O2/c1-19-12(18)13(7-2-3-8-13)10-5-4-6-11(9-10)14(15,16)17/h4-6,9H,2-3,7-8H2,1H3. The van der Waals surface area contributed by atoms with E-state index in [0.717, 1.165) is 25.0 Å². The van der Waals surface area contributed by atoms with E-state index in [1.165, 1.54) is 13.2 Å². The van der Waals surface area contributed by atoms with Gasteiger partial charge in [0.15, 0.2) is 0 Å². The Kier molecular flexibility index (Phi) is 3.56. The second-order valence-corrected chi connectivity index (χ2v) is 4.86. The minimum atomic E-state index is -4.40. The van der Waals surface area contributed by atoms with Gasteiger partial charge in [-0.15, -0.1) is 0 Å². The zero-order valence-electron chi connectivity index (χ0n) is 10.6. The van der Waals surface area contributed by atoms with Crippen LogP contribution in [0.2, 0.25) is 0 Å². The van der Waals surface area contributed by atoms with Gasteiger partial charge in [-0.05, 0) is 24.5 Å². The number of rotatable bonds is 2. The molecule has 0 atom stereocenters. The van der Waals surface area contributed by atoms with Crippen molar-refractivity contribution in [3.63, 3.8) is 0 Å². The molecule has 0 amide bonds. The van der Waals surface area contributed by atoms with E-state index in [0.29, 0.717) is 18.4 Å². The van der Waals surface area contributed by atoms with E-state index >= 15 is 0 Å². The Bertz CT molecular complexity index is 474. The number of hydrogen-bond acceptors (Lipinski definition) is 2. The fourth-order valence-corrected chi connectivity index (χ4v) is 2.78. The number of halogens is 3. The first-order valence-corrected chi connectivity index (χ1v) is 6.16. The van der Waals surface area contributed by atoms with E-state index in [1.807, 2.05) is 0 Å². The highest BCUT2D eigenvalue weighted by Crippen LogP contribution is 2.43. The monoisotopic (exact) mass is 272 g/mol. The van der Waals surface area contributed by atoms with Crippen LogP contribution in [0.25, 0.3) is 0 Å². The molecule has 2 rings (SSSR count). The number of carbonyl (C=O) groups excluding carboxylic acids is 1. The van der Waals surface area contributed by atoms with Gasteiger partial charge in [0.05, 0.1) is 18.1 Å². The SMILES string of the molecule is COC(=O)C1(c2cccc(C(F)(F)F)c2)CCCC1. The van der Waals surface area contributed by atoms with Gasteiger partial charge in [0, 0.05) is 0 Å². The number of carbonyl (C=O) groups is 1.